The summed E-state index contributed by atoms with van der Waals surface area (Å²) in [5, 5.41) is 18.3. The Hall–Kier alpha value is -3.20. The minimum atomic E-state index is -0.658. The topological polar surface area (TPSA) is 80.2 Å². The first kappa shape index (κ1) is 26.4. The van der Waals surface area contributed by atoms with Gasteiger partial charge in [0, 0.05) is 42.8 Å². The second-order valence-electron chi connectivity index (χ2n) is 10.4. The number of hydrogen-bond acceptors (Lipinski definition) is 5. The Kier molecular flexibility index (Phi) is 7.83. The van der Waals surface area contributed by atoms with Gasteiger partial charge < -0.3 is 25.5 Å². The number of phenols is 1. The van der Waals surface area contributed by atoms with Crippen LogP contribution in [0, 0.1) is 5.82 Å². The van der Waals surface area contributed by atoms with Gasteiger partial charge in [-0.1, -0.05) is 35.9 Å². The smallest absolute Gasteiger partial charge is 0.211 e. The summed E-state index contributed by atoms with van der Waals surface area (Å²) in [4.78, 5) is 20.9. The van der Waals surface area contributed by atoms with Gasteiger partial charge in [0.2, 0.25) is 6.41 Å². The van der Waals surface area contributed by atoms with E-state index in [0.29, 0.717) is 42.0 Å². The highest BCUT2D eigenvalue weighted by Gasteiger charge is 2.35. The number of benzene rings is 3. The first-order chi connectivity index (χ1) is 18.4. The third kappa shape index (κ3) is 5.34. The van der Waals surface area contributed by atoms with Crippen molar-refractivity contribution in [3.63, 3.8) is 0 Å². The number of carbonyl (C=O) groups is 1. The van der Waals surface area contributed by atoms with E-state index in [0.717, 1.165) is 49.7 Å². The van der Waals surface area contributed by atoms with Crippen molar-refractivity contribution in [2.45, 2.75) is 31.3 Å². The van der Waals surface area contributed by atoms with Gasteiger partial charge in [-0.25, -0.2) is 4.39 Å². The van der Waals surface area contributed by atoms with Crippen molar-refractivity contribution in [2.24, 2.45) is 4.99 Å². The molecule has 3 aromatic rings. The Morgan fingerprint density at radius 1 is 1.24 bits per heavy atom. The van der Waals surface area contributed by atoms with Crippen LogP contribution in [0.2, 0.25) is 5.02 Å². The van der Waals surface area contributed by atoms with Gasteiger partial charge >= 0.3 is 0 Å². The van der Waals surface area contributed by atoms with E-state index in [1.54, 1.807) is 12.1 Å². The van der Waals surface area contributed by atoms with Crippen LogP contribution in [0.1, 0.15) is 24.8 Å². The highest BCUT2D eigenvalue weighted by atomic mass is 35.5. The molecule has 2 heterocycles. The number of phenolic OH excluding ortho intramolecular Hbond substituents is 1. The molecule has 3 N–H and O–H groups in total. The predicted molar refractivity (Wildman–Crippen MR) is 152 cm³/mol. The van der Waals surface area contributed by atoms with Gasteiger partial charge in [-0.2, -0.15) is 0 Å². The Bertz CT molecular complexity index is 1370. The number of piperazine rings is 1. The number of aromatic hydroxyl groups is 1. The standard InChI is InChI=1S/C29H33ClFN5O2/c1-35(2)11-5-10-32-29(36-15-19-8-9-20(16-36)34-19)24-14-25(30)26(27(31)28(24)33-17-37)23-13-21(38)12-18-6-3-4-7-22(18)23/h3-4,6-7,12-14,17,19-20,34,38H,5,8-11,15-16H2,1-2H3,(H,33,37). The monoisotopic (exact) mass is 537 g/mol. The number of amides is 1. The molecule has 2 aliphatic heterocycles. The zero-order valence-corrected chi connectivity index (χ0v) is 22.4. The molecule has 9 heteroatoms. The SMILES string of the molecule is CN(C)CCCN=C(c1cc(Cl)c(-c2cc(O)cc3ccccc23)c(F)c1NC=O)N1CC2CCC(C1)N2. The average Bonchev–Trinajstić information content (AvgIpc) is 3.22. The molecule has 5 rings (SSSR count). The molecule has 200 valence electrons. The molecule has 1 amide bonds. The second kappa shape index (κ2) is 11.3. The molecule has 38 heavy (non-hydrogen) atoms. The fourth-order valence-electron chi connectivity index (χ4n) is 5.64. The molecular formula is C29H33ClFN5O2. The second-order valence-corrected chi connectivity index (χ2v) is 10.8. The molecule has 2 aliphatic rings. The van der Waals surface area contributed by atoms with Crippen LogP contribution in [0.25, 0.3) is 21.9 Å². The lowest BCUT2D eigenvalue weighted by molar-refractivity contribution is -0.105. The van der Waals surface area contributed by atoms with E-state index >= 15 is 4.39 Å². The fourth-order valence-corrected chi connectivity index (χ4v) is 5.94. The van der Waals surface area contributed by atoms with Crippen molar-refractivity contribution in [1.29, 1.82) is 0 Å². The largest absolute Gasteiger partial charge is 0.508 e. The Morgan fingerprint density at radius 2 is 1.97 bits per heavy atom. The van der Waals surface area contributed by atoms with Crippen LogP contribution in [-0.4, -0.2) is 79.5 Å². The molecule has 2 saturated heterocycles. The summed E-state index contributed by atoms with van der Waals surface area (Å²) in [7, 11) is 4.04. The van der Waals surface area contributed by atoms with E-state index in [-0.39, 0.29) is 22.0 Å². The average molecular weight is 538 g/mol. The number of aliphatic imine (C=N–C) groups is 1. The summed E-state index contributed by atoms with van der Waals surface area (Å²) >= 11 is 6.82. The number of halogens is 2. The molecule has 0 saturated carbocycles. The highest BCUT2D eigenvalue weighted by molar-refractivity contribution is 6.34. The van der Waals surface area contributed by atoms with Crippen LogP contribution in [0.15, 0.2) is 47.5 Å². The van der Waals surface area contributed by atoms with E-state index in [4.69, 9.17) is 16.6 Å². The molecule has 0 aromatic heterocycles. The molecule has 2 bridgehead atoms. The Labute approximate surface area is 227 Å². The van der Waals surface area contributed by atoms with E-state index in [2.05, 4.69) is 20.4 Å². The first-order valence-electron chi connectivity index (χ1n) is 13.0. The molecule has 2 fully saturated rings. The fraction of sp³-hybridized carbons (Fsp3) is 0.379. The summed E-state index contributed by atoms with van der Waals surface area (Å²) in [5.41, 5.74) is 1.07. The minimum absolute atomic E-state index is 0.00238. The number of fused-ring (bicyclic) bond motifs is 3. The van der Waals surface area contributed by atoms with E-state index in [1.807, 2.05) is 38.4 Å². The van der Waals surface area contributed by atoms with Gasteiger partial charge in [0.05, 0.1) is 10.7 Å². The molecule has 2 unspecified atom stereocenters. The van der Waals surface area contributed by atoms with Gasteiger partial charge in [0.25, 0.3) is 0 Å². The molecule has 2 atom stereocenters. The van der Waals surface area contributed by atoms with Gasteiger partial charge in [0.15, 0.2) is 5.82 Å². The number of hydrogen-bond donors (Lipinski definition) is 3. The minimum Gasteiger partial charge on any atom is -0.508 e. The maximum absolute atomic E-state index is 16.4. The maximum atomic E-state index is 16.4. The van der Waals surface area contributed by atoms with Crippen LogP contribution in [0.3, 0.4) is 0 Å². The molecule has 3 aromatic carbocycles. The number of amidine groups is 1. The van der Waals surface area contributed by atoms with E-state index in [9.17, 15) is 9.90 Å². The molecule has 0 spiro atoms. The lowest BCUT2D eigenvalue weighted by Gasteiger charge is -2.36. The van der Waals surface area contributed by atoms with Crippen molar-refractivity contribution < 1.29 is 14.3 Å². The summed E-state index contributed by atoms with van der Waals surface area (Å²) in [6, 6.07) is 12.9. The number of nitrogens with one attached hydrogen (secondary N) is 2. The van der Waals surface area contributed by atoms with Gasteiger partial charge in [-0.05, 0) is 74.4 Å². The molecule has 0 aliphatic carbocycles. The van der Waals surface area contributed by atoms with Crippen molar-refractivity contribution in [1.82, 2.24) is 15.1 Å². The third-order valence-electron chi connectivity index (χ3n) is 7.32. The summed E-state index contributed by atoms with van der Waals surface area (Å²) < 4.78 is 16.4. The number of nitrogens with zero attached hydrogens (tertiary/aromatic N) is 3. The maximum Gasteiger partial charge on any atom is 0.211 e. The van der Waals surface area contributed by atoms with E-state index < -0.39 is 5.82 Å². The van der Waals surface area contributed by atoms with Crippen molar-refractivity contribution in [2.75, 3.05) is 45.6 Å². The zero-order chi connectivity index (χ0) is 26.8. The number of anilines is 1. The van der Waals surface area contributed by atoms with Gasteiger partial charge in [0.1, 0.15) is 11.6 Å². The van der Waals surface area contributed by atoms with Crippen molar-refractivity contribution in [3.05, 3.63) is 58.9 Å². The summed E-state index contributed by atoms with van der Waals surface area (Å²) in [6.07, 6.45) is 3.50. The highest BCUT2D eigenvalue weighted by Crippen LogP contribution is 2.42. The number of carbonyl (C=O) groups excluding carboxylic acids is 1. The third-order valence-corrected chi connectivity index (χ3v) is 7.62. The van der Waals surface area contributed by atoms with Crippen LogP contribution in [0.4, 0.5) is 10.1 Å². The van der Waals surface area contributed by atoms with Crippen molar-refractivity contribution in [3.8, 4) is 16.9 Å². The summed E-state index contributed by atoms with van der Waals surface area (Å²) in [6.45, 7) is 2.94. The van der Waals surface area contributed by atoms with E-state index in [1.165, 1.54) is 6.07 Å². The quantitative estimate of drug-likeness (QED) is 0.168. The van der Waals surface area contributed by atoms with Gasteiger partial charge in [-0.3, -0.25) is 9.79 Å². The normalized spacial score (nSPS) is 19.4. The predicted octanol–water partition coefficient (Wildman–Crippen LogP) is 4.71. The Morgan fingerprint density at radius 3 is 2.68 bits per heavy atom. The zero-order valence-electron chi connectivity index (χ0n) is 21.7. The lowest BCUT2D eigenvalue weighted by Crippen LogP contribution is -2.53. The first-order valence-corrected chi connectivity index (χ1v) is 13.4. The number of rotatable bonds is 8. The molecule has 7 nitrogen and oxygen atoms in total. The summed E-state index contributed by atoms with van der Waals surface area (Å²) in [5.74, 6) is -0.0170. The van der Waals surface area contributed by atoms with Crippen LogP contribution in [0.5, 0.6) is 5.75 Å². The molecule has 0 radical (unpaired) electrons. The van der Waals surface area contributed by atoms with Crippen molar-refractivity contribution >= 4 is 40.3 Å². The van der Waals surface area contributed by atoms with Crippen LogP contribution >= 0.6 is 11.6 Å². The number of likely N-dealkylation sites (tertiary alicyclic amines) is 1. The van der Waals surface area contributed by atoms with Gasteiger partial charge in [-0.15, -0.1) is 0 Å². The molecular weight excluding hydrogens is 505 g/mol. The van der Waals surface area contributed by atoms with Crippen LogP contribution < -0.4 is 10.6 Å². The Balaban J connectivity index is 1.65. The van der Waals surface area contributed by atoms with Crippen LogP contribution in [-0.2, 0) is 4.79 Å². The lowest BCUT2D eigenvalue weighted by atomic mass is 9.95.